The second-order valence-electron chi connectivity index (χ2n) is 4.41. The summed E-state index contributed by atoms with van der Waals surface area (Å²) in [6.07, 6.45) is -2.05. The number of halogens is 4. The highest BCUT2D eigenvalue weighted by Crippen LogP contribution is 2.36. The van der Waals surface area contributed by atoms with Crippen molar-refractivity contribution in [2.45, 2.75) is 18.7 Å². The molecule has 1 heterocycles. The zero-order valence-corrected chi connectivity index (χ0v) is 12.1. The van der Waals surface area contributed by atoms with Gasteiger partial charge in [0, 0.05) is 30.3 Å². The Morgan fingerprint density at radius 2 is 2.10 bits per heavy atom. The molecule has 0 aliphatic heterocycles. The van der Waals surface area contributed by atoms with Crippen molar-refractivity contribution in [3.8, 4) is 0 Å². The zero-order chi connectivity index (χ0) is 14.9. The van der Waals surface area contributed by atoms with Gasteiger partial charge in [0.2, 0.25) is 0 Å². The molecule has 0 saturated heterocycles. The molecular formula is C13H12BrF3N2O. The molecule has 0 spiro atoms. The number of aryl methyl sites for hydroxylation is 1. The number of hydrogen-bond donors (Lipinski definition) is 1. The third-order valence-electron chi connectivity index (χ3n) is 2.98. The third kappa shape index (κ3) is 3.21. The van der Waals surface area contributed by atoms with E-state index in [1.807, 2.05) is 0 Å². The van der Waals surface area contributed by atoms with Crippen molar-refractivity contribution in [1.82, 2.24) is 9.55 Å². The average Bonchev–Trinajstić information content (AvgIpc) is 2.74. The van der Waals surface area contributed by atoms with Crippen molar-refractivity contribution >= 4 is 15.9 Å². The standard InChI is InChI=1S/C13H12BrF3N2O/c1-19-5-4-18-12(19)7-11(20)8-2-3-10(14)9(6-8)13(15,16)17/h2-6,11,20H,7H2,1H3. The van der Waals surface area contributed by atoms with Gasteiger partial charge in [0.1, 0.15) is 5.82 Å². The molecular weight excluding hydrogens is 337 g/mol. The first-order chi connectivity index (χ1) is 9.29. The van der Waals surface area contributed by atoms with E-state index in [4.69, 9.17) is 0 Å². The maximum atomic E-state index is 12.8. The second kappa shape index (κ2) is 5.57. The van der Waals surface area contributed by atoms with E-state index in [0.29, 0.717) is 5.82 Å². The summed E-state index contributed by atoms with van der Waals surface area (Å²) in [5.74, 6) is 0.606. The lowest BCUT2D eigenvalue weighted by molar-refractivity contribution is -0.138. The summed E-state index contributed by atoms with van der Waals surface area (Å²) in [5, 5.41) is 10.1. The van der Waals surface area contributed by atoms with Gasteiger partial charge in [0.25, 0.3) is 0 Å². The predicted octanol–water partition coefficient (Wildman–Crippen LogP) is 3.48. The molecule has 1 N–H and O–H groups in total. The largest absolute Gasteiger partial charge is 0.417 e. The molecule has 7 heteroatoms. The Kier molecular flexibility index (Phi) is 4.19. The molecule has 0 bridgehead atoms. The Morgan fingerprint density at radius 3 is 2.65 bits per heavy atom. The van der Waals surface area contributed by atoms with Crippen LogP contribution in [-0.2, 0) is 19.6 Å². The van der Waals surface area contributed by atoms with Crippen LogP contribution in [0.25, 0.3) is 0 Å². The Morgan fingerprint density at radius 1 is 1.40 bits per heavy atom. The van der Waals surface area contributed by atoms with E-state index in [9.17, 15) is 18.3 Å². The number of alkyl halides is 3. The smallest absolute Gasteiger partial charge is 0.388 e. The number of aromatic nitrogens is 2. The monoisotopic (exact) mass is 348 g/mol. The molecule has 1 aromatic carbocycles. The van der Waals surface area contributed by atoms with Crippen LogP contribution in [0.5, 0.6) is 0 Å². The minimum atomic E-state index is -4.46. The topological polar surface area (TPSA) is 38.0 Å². The van der Waals surface area contributed by atoms with E-state index in [-0.39, 0.29) is 16.5 Å². The van der Waals surface area contributed by atoms with Crippen molar-refractivity contribution in [2.24, 2.45) is 7.05 Å². The lowest BCUT2D eigenvalue weighted by Gasteiger charge is -2.15. The van der Waals surface area contributed by atoms with Crippen LogP contribution in [0.4, 0.5) is 13.2 Å². The highest BCUT2D eigenvalue weighted by molar-refractivity contribution is 9.10. The first kappa shape index (κ1) is 15.1. The van der Waals surface area contributed by atoms with Crippen molar-refractivity contribution in [1.29, 1.82) is 0 Å². The molecule has 0 aliphatic carbocycles. The van der Waals surface area contributed by atoms with Crippen molar-refractivity contribution in [3.05, 3.63) is 52.0 Å². The quantitative estimate of drug-likeness (QED) is 0.922. The molecule has 20 heavy (non-hydrogen) atoms. The molecule has 1 aromatic heterocycles. The highest BCUT2D eigenvalue weighted by Gasteiger charge is 2.33. The molecule has 0 fully saturated rings. The van der Waals surface area contributed by atoms with Gasteiger partial charge in [-0.3, -0.25) is 0 Å². The number of hydrogen-bond acceptors (Lipinski definition) is 2. The van der Waals surface area contributed by atoms with E-state index in [0.717, 1.165) is 6.07 Å². The first-order valence-corrected chi connectivity index (χ1v) is 6.59. The molecule has 0 aliphatic rings. The molecule has 1 atom stereocenters. The Labute approximate surface area is 122 Å². The average molecular weight is 349 g/mol. The second-order valence-corrected chi connectivity index (χ2v) is 5.27. The van der Waals surface area contributed by atoms with E-state index in [1.54, 1.807) is 24.0 Å². The zero-order valence-electron chi connectivity index (χ0n) is 10.5. The van der Waals surface area contributed by atoms with Gasteiger partial charge in [0.05, 0.1) is 11.7 Å². The minimum absolute atomic E-state index is 0.0436. The number of rotatable bonds is 3. The third-order valence-corrected chi connectivity index (χ3v) is 3.67. The Hall–Kier alpha value is -1.34. The van der Waals surface area contributed by atoms with Crippen LogP contribution < -0.4 is 0 Å². The SMILES string of the molecule is Cn1ccnc1CC(O)c1ccc(Br)c(C(F)(F)F)c1. The van der Waals surface area contributed by atoms with Crippen molar-refractivity contribution in [3.63, 3.8) is 0 Å². The maximum absolute atomic E-state index is 12.8. The molecule has 0 amide bonds. The fraction of sp³-hybridized carbons (Fsp3) is 0.308. The molecule has 0 saturated carbocycles. The summed E-state index contributed by atoms with van der Waals surface area (Å²) in [6.45, 7) is 0. The van der Waals surface area contributed by atoms with Gasteiger partial charge in [-0.15, -0.1) is 0 Å². The molecule has 2 aromatic rings. The summed E-state index contributed by atoms with van der Waals surface area (Å²) < 4.78 is 40.1. The van der Waals surface area contributed by atoms with Crippen LogP contribution in [0.2, 0.25) is 0 Å². The molecule has 108 valence electrons. The fourth-order valence-electron chi connectivity index (χ4n) is 1.85. The van der Waals surface area contributed by atoms with Gasteiger partial charge in [-0.1, -0.05) is 22.0 Å². The van der Waals surface area contributed by atoms with Crippen LogP contribution in [0, 0.1) is 0 Å². The van der Waals surface area contributed by atoms with Gasteiger partial charge in [-0.25, -0.2) is 4.98 Å². The number of aliphatic hydroxyl groups excluding tert-OH is 1. The summed E-state index contributed by atoms with van der Waals surface area (Å²) in [4.78, 5) is 4.04. The fourth-order valence-corrected chi connectivity index (χ4v) is 2.32. The van der Waals surface area contributed by atoms with E-state index >= 15 is 0 Å². The Bertz CT molecular complexity index is 610. The van der Waals surface area contributed by atoms with E-state index in [2.05, 4.69) is 20.9 Å². The molecule has 2 rings (SSSR count). The van der Waals surface area contributed by atoms with Crippen LogP contribution >= 0.6 is 15.9 Å². The van der Waals surface area contributed by atoms with Gasteiger partial charge in [-0.2, -0.15) is 13.2 Å². The summed E-state index contributed by atoms with van der Waals surface area (Å²) in [7, 11) is 1.76. The molecule has 0 radical (unpaired) electrons. The minimum Gasteiger partial charge on any atom is -0.388 e. The number of nitrogens with zero attached hydrogens (tertiary/aromatic N) is 2. The molecule has 1 unspecified atom stereocenters. The highest BCUT2D eigenvalue weighted by atomic mass is 79.9. The lowest BCUT2D eigenvalue weighted by Crippen LogP contribution is -2.10. The molecule has 3 nitrogen and oxygen atoms in total. The van der Waals surface area contributed by atoms with Crippen LogP contribution in [0.3, 0.4) is 0 Å². The Balaban J connectivity index is 2.27. The van der Waals surface area contributed by atoms with Crippen LogP contribution in [0.15, 0.2) is 35.1 Å². The van der Waals surface area contributed by atoms with E-state index in [1.165, 1.54) is 12.1 Å². The number of imidazole rings is 1. The maximum Gasteiger partial charge on any atom is 0.417 e. The van der Waals surface area contributed by atoms with Crippen molar-refractivity contribution in [2.75, 3.05) is 0 Å². The number of aliphatic hydroxyl groups is 1. The summed E-state index contributed by atoms with van der Waals surface area (Å²) in [6, 6.07) is 3.71. The van der Waals surface area contributed by atoms with Gasteiger partial charge >= 0.3 is 6.18 Å². The lowest BCUT2D eigenvalue weighted by atomic mass is 10.0. The van der Waals surface area contributed by atoms with Crippen LogP contribution in [-0.4, -0.2) is 14.7 Å². The van der Waals surface area contributed by atoms with Gasteiger partial charge in [-0.05, 0) is 17.7 Å². The van der Waals surface area contributed by atoms with Gasteiger partial charge in [0.15, 0.2) is 0 Å². The van der Waals surface area contributed by atoms with Gasteiger partial charge < -0.3 is 9.67 Å². The summed E-state index contributed by atoms with van der Waals surface area (Å²) in [5.41, 5.74) is -0.586. The van der Waals surface area contributed by atoms with E-state index < -0.39 is 17.8 Å². The summed E-state index contributed by atoms with van der Waals surface area (Å²) >= 11 is 2.87. The normalized spacial score (nSPS) is 13.5. The number of benzene rings is 1. The van der Waals surface area contributed by atoms with Crippen LogP contribution in [0.1, 0.15) is 23.1 Å². The predicted molar refractivity (Wildman–Crippen MR) is 71.0 cm³/mol. The first-order valence-electron chi connectivity index (χ1n) is 5.80. The van der Waals surface area contributed by atoms with Crippen molar-refractivity contribution < 1.29 is 18.3 Å².